The van der Waals surface area contributed by atoms with Crippen LogP contribution in [0.15, 0.2) is 12.2 Å². The number of nitrogens with two attached hydrogens (primary N) is 1. The summed E-state index contributed by atoms with van der Waals surface area (Å²) in [4.78, 5) is 0. The SMILES string of the molecule is CC=CCOC1CCC(N)CC1. The molecule has 1 aliphatic carbocycles. The molecule has 0 aromatic carbocycles. The normalized spacial score (nSPS) is 31.2. The highest BCUT2D eigenvalue weighted by Gasteiger charge is 2.17. The first-order valence-corrected chi connectivity index (χ1v) is 4.81. The molecule has 1 fully saturated rings. The molecule has 1 saturated carbocycles. The standard InChI is InChI=1S/C10H19NO/c1-2-3-8-12-10-6-4-9(11)5-7-10/h2-3,9-10H,4-8,11H2,1H3. The van der Waals surface area contributed by atoms with Gasteiger partial charge in [0.15, 0.2) is 0 Å². The van der Waals surface area contributed by atoms with Crippen LogP contribution in [-0.4, -0.2) is 18.8 Å². The fourth-order valence-corrected chi connectivity index (χ4v) is 1.54. The van der Waals surface area contributed by atoms with Gasteiger partial charge in [0.25, 0.3) is 0 Å². The van der Waals surface area contributed by atoms with Crippen LogP contribution in [0, 0.1) is 0 Å². The van der Waals surface area contributed by atoms with E-state index in [1.54, 1.807) is 0 Å². The number of ether oxygens (including phenoxy) is 1. The molecule has 2 nitrogen and oxygen atoms in total. The van der Waals surface area contributed by atoms with Gasteiger partial charge in [0.05, 0.1) is 12.7 Å². The van der Waals surface area contributed by atoms with E-state index >= 15 is 0 Å². The van der Waals surface area contributed by atoms with Crippen molar-refractivity contribution in [3.63, 3.8) is 0 Å². The Morgan fingerprint density at radius 3 is 2.58 bits per heavy atom. The monoisotopic (exact) mass is 169 g/mol. The molecule has 2 N–H and O–H groups in total. The molecule has 2 heteroatoms. The van der Waals surface area contributed by atoms with Crippen molar-refractivity contribution in [2.45, 2.75) is 44.8 Å². The van der Waals surface area contributed by atoms with Crippen molar-refractivity contribution in [3.8, 4) is 0 Å². The Morgan fingerprint density at radius 1 is 1.33 bits per heavy atom. The fourth-order valence-electron chi connectivity index (χ4n) is 1.54. The van der Waals surface area contributed by atoms with E-state index in [-0.39, 0.29) is 0 Å². The van der Waals surface area contributed by atoms with Gasteiger partial charge in [-0.05, 0) is 32.6 Å². The molecule has 0 aliphatic heterocycles. The van der Waals surface area contributed by atoms with E-state index in [1.807, 2.05) is 13.0 Å². The first kappa shape index (κ1) is 9.75. The highest BCUT2D eigenvalue weighted by atomic mass is 16.5. The Balaban J connectivity index is 2.09. The zero-order valence-corrected chi connectivity index (χ0v) is 7.83. The van der Waals surface area contributed by atoms with E-state index in [0.717, 1.165) is 32.3 Å². The lowest BCUT2D eigenvalue weighted by Crippen LogP contribution is -2.30. The van der Waals surface area contributed by atoms with Crippen molar-refractivity contribution in [1.82, 2.24) is 0 Å². The van der Waals surface area contributed by atoms with Gasteiger partial charge in [-0.3, -0.25) is 0 Å². The minimum absolute atomic E-state index is 0.423. The molecule has 0 radical (unpaired) electrons. The molecule has 0 atom stereocenters. The highest BCUT2D eigenvalue weighted by Crippen LogP contribution is 2.19. The third-order valence-electron chi connectivity index (χ3n) is 2.38. The van der Waals surface area contributed by atoms with Crippen LogP contribution in [0.2, 0.25) is 0 Å². The summed E-state index contributed by atoms with van der Waals surface area (Å²) in [5, 5.41) is 0. The number of allylic oxidation sites excluding steroid dienone is 1. The van der Waals surface area contributed by atoms with Crippen LogP contribution in [0.1, 0.15) is 32.6 Å². The second kappa shape index (κ2) is 5.33. The molecule has 0 bridgehead atoms. The van der Waals surface area contributed by atoms with Gasteiger partial charge < -0.3 is 10.5 Å². The zero-order valence-electron chi connectivity index (χ0n) is 7.83. The van der Waals surface area contributed by atoms with E-state index in [2.05, 4.69) is 6.08 Å². The molecule has 70 valence electrons. The minimum atomic E-state index is 0.423. The summed E-state index contributed by atoms with van der Waals surface area (Å²) in [5.41, 5.74) is 5.78. The Bertz CT molecular complexity index is 137. The van der Waals surface area contributed by atoms with Crippen molar-refractivity contribution in [2.24, 2.45) is 5.73 Å². The first-order chi connectivity index (χ1) is 5.83. The third kappa shape index (κ3) is 3.37. The van der Waals surface area contributed by atoms with E-state index in [0.29, 0.717) is 12.1 Å². The smallest absolute Gasteiger partial charge is 0.0651 e. The highest BCUT2D eigenvalue weighted by molar-refractivity contribution is 4.79. The second-order valence-electron chi connectivity index (χ2n) is 3.44. The maximum Gasteiger partial charge on any atom is 0.0651 e. The molecular formula is C10H19NO. The molecule has 0 amide bonds. The number of rotatable bonds is 3. The summed E-state index contributed by atoms with van der Waals surface area (Å²) in [6, 6.07) is 0.423. The quantitative estimate of drug-likeness (QED) is 0.654. The van der Waals surface area contributed by atoms with Crippen LogP contribution in [0.3, 0.4) is 0 Å². The lowest BCUT2D eigenvalue weighted by atomic mass is 9.94. The van der Waals surface area contributed by atoms with Crippen molar-refractivity contribution in [3.05, 3.63) is 12.2 Å². The van der Waals surface area contributed by atoms with Gasteiger partial charge in [-0.15, -0.1) is 0 Å². The van der Waals surface area contributed by atoms with E-state index in [1.165, 1.54) is 0 Å². The molecule has 12 heavy (non-hydrogen) atoms. The van der Waals surface area contributed by atoms with Crippen LogP contribution in [-0.2, 0) is 4.74 Å². The molecule has 0 heterocycles. The summed E-state index contributed by atoms with van der Waals surface area (Å²) in [5.74, 6) is 0. The Kier molecular flexibility index (Phi) is 4.33. The molecule has 0 spiro atoms. The Hall–Kier alpha value is -0.340. The van der Waals surface area contributed by atoms with E-state index < -0.39 is 0 Å². The predicted octanol–water partition coefficient (Wildman–Crippen LogP) is 1.85. The lowest BCUT2D eigenvalue weighted by Gasteiger charge is -2.25. The average molecular weight is 169 g/mol. The summed E-state index contributed by atoms with van der Waals surface area (Å²) < 4.78 is 5.63. The fraction of sp³-hybridized carbons (Fsp3) is 0.800. The minimum Gasteiger partial charge on any atom is -0.374 e. The average Bonchev–Trinajstić information content (AvgIpc) is 2.09. The molecule has 0 saturated heterocycles. The van der Waals surface area contributed by atoms with Crippen LogP contribution >= 0.6 is 0 Å². The summed E-state index contributed by atoms with van der Waals surface area (Å²) >= 11 is 0. The first-order valence-electron chi connectivity index (χ1n) is 4.81. The third-order valence-corrected chi connectivity index (χ3v) is 2.38. The summed E-state index contributed by atoms with van der Waals surface area (Å²) in [7, 11) is 0. The van der Waals surface area contributed by atoms with Gasteiger partial charge in [-0.25, -0.2) is 0 Å². The second-order valence-corrected chi connectivity index (χ2v) is 3.44. The van der Waals surface area contributed by atoms with Crippen molar-refractivity contribution in [1.29, 1.82) is 0 Å². The summed E-state index contributed by atoms with van der Waals surface area (Å²) in [6.07, 6.45) is 9.06. The molecule has 0 unspecified atom stereocenters. The molecule has 0 aromatic rings. The van der Waals surface area contributed by atoms with Crippen LogP contribution in [0.4, 0.5) is 0 Å². The predicted molar refractivity (Wildman–Crippen MR) is 51.0 cm³/mol. The summed E-state index contributed by atoms with van der Waals surface area (Å²) in [6.45, 7) is 2.77. The number of hydrogen-bond acceptors (Lipinski definition) is 2. The van der Waals surface area contributed by atoms with Gasteiger partial charge in [0, 0.05) is 6.04 Å². The van der Waals surface area contributed by atoms with Gasteiger partial charge in [0.2, 0.25) is 0 Å². The maximum atomic E-state index is 5.78. The van der Waals surface area contributed by atoms with Crippen LogP contribution < -0.4 is 5.73 Å². The molecule has 1 aliphatic rings. The largest absolute Gasteiger partial charge is 0.374 e. The topological polar surface area (TPSA) is 35.2 Å². The van der Waals surface area contributed by atoms with Crippen molar-refractivity contribution in [2.75, 3.05) is 6.61 Å². The van der Waals surface area contributed by atoms with Gasteiger partial charge in [-0.1, -0.05) is 12.2 Å². The van der Waals surface area contributed by atoms with Gasteiger partial charge >= 0.3 is 0 Å². The number of hydrogen-bond donors (Lipinski definition) is 1. The maximum absolute atomic E-state index is 5.78. The van der Waals surface area contributed by atoms with E-state index in [4.69, 9.17) is 10.5 Å². The van der Waals surface area contributed by atoms with Crippen LogP contribution in [0.5, 0.6) is 0 Å². The van der Waals surface area contributed by atoms with Crippen molar-refractivity contribution >= 4 is 0 Å². The van der Waals surface area contributed by atoms with Crippen LogP contribution in [0.25, 0.3) is 0 Å². The molecule has 1 rings (SSSR count). The Morgan fingerprint density at radius 2 is 2.00 bits per heavy atom. The van der Waals surface area contributed by atoms with Crippen molar-refractivity contribution < 1.29 is 4.74 Å². The Labute approximate surface area is 74.8 Å². The van der Waals surface area contributed by atoms with Gasteiger partial charge in [-0.2, -0.15) is 0 Å². The molecule has 0 aromatic heterocycles. The van der Waals surface area contributed by atoms with Gasteiger partial charge in [0.1, 0.15) is 0 Å². The zero-order chi connectivity index (χ0) is 8.81. The molecular weight excluding hydrogens is 150 g/mol. The lowest BCUT2D eigenvalue weighted by molar-refractivity contribution is 0.0427. The van der Waals surface area contributed by atoms with E-state index in [9.17, 15) is 0 Å².